The number of amides is 1. The topological polar surface area (TPSA) is 70.7 Å². The van der Waals surface area contributed by atoms with Gasteiger partial charge in [-0.05, 0) is 74.6 Å². The standard InChI is InChI=1S/C23H21FN4O/c1-15(17-8-6-16(14-25)7-9-17)26-23(29)22-20-4-2-3-5-21(20)28(27-22)19-12-10-18(24)11-13-19/h6-13,15H,2-5H2,1H3,(H,26,29). The van der Waals surface area contributed by atoms with Crippen molar-refractivity contribution in [2.75, 3.05) is 0 Å². The van der Waals surface area contributed by atoms with Crippen molar-refractivity contribution in [1.82, 2.24) is 15.1 Å². The van der Waals surface area contributed by atoms with E-state index in [4.69, 9.17) is 5.26 Å². The van der Waals surface area contributed by atoms with Crippen LogP contribution in [0.2, 0.25) is 0 Å². The highest BCUT2D eigenvalue weighted by atomic mass is 19.1. The molecule has 0 aliphatic heterocycles. The lowest BCUT2D eigenvalue weighted by Crippen LogP contribution is -2.28. The van der Waals surface area contributed by atoms with E-state index in [-0.39, 0.29) is 17.8 Å². The molecule has 1 atom stereocenters. The van der Waals surface area contributed by atoms with E-state index in [1.54, 1.807) is 28.9 Å². The Labute approximate surface area is 168 Å². The van der Waals surface area contributed by atoms with Crippen LogP contribution in [0.25, 0.3) is 5.69 Å². The van der Waals surface area contributed by atoms with Crippen LogP contribution in [0.5, 0.6) is 0 Å². The fourth-order valence-electron chi connectivity index (χ4n) is 3.77. The normalized spacial score (nSPS) is 14.0. The highest BCUT2D eigenvalue weighted by Gasteiger charge is 2.26. The van der Waals surface area contributed by atoms with Crippen molar-refractivity contribution in [3.63, 3.8) is 0 Å². The summed E-state index contributed by atoms with van der Waals surface area (Å²) in [4.78, 5) is 13.0. The summed E-state index contributed by atoms with van der Waals surface area (Å²) in [5, 5.41) is 16.6. The number of fused-ring (bicyclic) bond motifs is 1. The highest BCUT2D eigenvalue weighted by Crippen LogP contribution is 2.27. The van der Waals surface area contributed by atoms with Crippen molar-refractivity contribution in [3.8, 4) is 11.8 Å². The molecule has 0 radical (unpaired) electrons. The van der Waals surface area contributed by atoms with Crippen LogP contribution in [-0.4, -0.2) is 15.7 Å². The summed E-state index contributed by atoms with van der Waals surface area (Å²) in [6.07, 6.45) is 3.72. The van der Waals surface area contributed by atoms with E-state index in [9.17, 15) is 9.18 Å². The van der Waals surface area contributed by atoms with Gasteiger partial charge in [0.1, 0.15) is 5.82 Å². The number of hydrogen-bond acceptors (Lipinski definition) is 3. The molecule has 1 aliphatic carbocycles. The maximum atomic E-state index is 13.3. The van der Waals surface area contributed by atoms with E-state index >= 15 is 0 Å². The van der Waals surface area contributed by atoms with E-state index in [2.05, 4.69) is 16.5 Å². The third kappa shape index (κ3) is 3.77. The zero-order valence-electron chi connectivity index (χ0n) is 16.2. The third-order valence-electron chi connectivity index (χ3n) is 5.35. The Kier molecular flexibility index (Phi) is 5.13. The van der Waals surface area contributed by atoms with Crippen LogP contribution in [-0.2, 0) is 12.8 Å². The summed E-state index contributed by atoms with van der Waals surface area (Å²) in [5.41, 5.74) is 4.70. The molecular formula is C23H21FN4O. The molecule has 0 spiro atoms. The number of nitrogens with zero attached hydrogens (tertiary/aromatic N) is 3. The lowest BCUT2D eigenvalue weighted by Gasteiger charge is -2.16. The van der Waals surface area contributed by atoms with Gasteiger partial charge in [0, 0.05) is 11.3 Å². The molecule has 2 aromatic carbocycles. The molecule has 3 aromatic rings. The fraction of sp³-hybridized carbons (Fsp3) is 0.261. The Balaban J connectivity index is 1.62. The van der Waals surface area contributed by atoms with Gasteiger partial charge in [-0.2, -0.15) is 10.4 Å². The van der Waals surface area contributed by atoms with Crippen LogP contribution in [0, 0.1) is 17.1 Å². The largest absolute Gasteiger partial charge is 0.344 e. The Morgan fingerprint density at radius 3 is 2.52 bits per heavy atom. The number of nitriles is 1. The molecule has 1 amide bonds. The molecule has 1 aliphatic rings. The minimum absolute atomic E-state index is 0.217. The van der Waals surface area contributed by atoms with E-state index in [1.165, 1.54) is 12.1 Å². The first-order chi connectivity index (χ1) is 14.1. The molecular weight excluding hydrogens is 367 g/mol. The molecule has 1 N–H and O–H groups in total. The van der Waals surface area contributed by atoms with Gasteiger partial charge in [-0.25, -0.2) is 9.07 Å². The number of benzene rings is 2. The number of nitrogens with one attached hydrogen (secondary N) is 1. The Morgan fingerprint density at radius 2 is 1.83 bits per heavy atom. The molecule has 1 heterocycles. The van der Waals surface area contributed by atoms with Gasteiger partial charge >= 0.3 is 0 Å². The molecule has 0 bridgehead atoms. The van der Waals surface area contributed by atoms with Gasteiger partial charge in [0.15, 0.2) is 5.69 Å². The molecule has 1 aromatic heterocycles. The summed E-state index contributed by atoms with van der Waals surface area (Å²) < 4.78 is 15.1. The maximum absolute atomic E-state index is 13.3. The van der Waals surface area contributed by atoms with Gasteiger partial charge in [-0.1, -0.05) is 12.1 Å². The van der Waals surface area contributed by atoms with Gasteiger partial charge in [0.25, 0.3) is 5.91 Å². The van der Waals surface area contributed by atoms with Crippen molar-refractivity contribution in [1.29, 1.82) is 5.26 Å². The van der Waals surface area contributed by atoms with Crippen LogP contribution >= 0.6 is 0 Å². The van der Waals surface area contributed by atoms with Crippen molar-refractivity contribution < 1.29 is 9.18 Å². The highest BCUT2D eigenvalue weighted by molar-refractivity contribution is 5.94. The van der Waals surface area contributed by atoms with Crippen molar-refractivity contribution in [2.24, 2.45) is 0 Å². The predicted molar refractivity (Wildman–Crippen MR) is 107 cm³/mol. The summed E-state index contributed by atoms with van der Waals surface area (Å²) in [6.45, 7) is 1.91. The first-order valence-electron chi connectivity index (χ1n) is 9.74. The molecule has 6 heteroatoms. The van der Waals surface area contributed by atoms with Gasteiger partial charge in [-0.15, -0.1) is 0 Å². The van der Waals surface area contributed by atoms with Crippen LogP contribution < -0.4 is 5.32 Å². The minimum atomic E-state index is -0.302. The smallest absolute Gasteiger partial charge is 0.272 e. The second-order valence-electron chi connectivity index (χ2n) is 7.30. The molecule has 29 heavy (non-hydrogen) atoms. The molecule has 0 saturated heterocycles. The van der Waals surface area contributed by atoms with Crippen molar-refractivity contribution in [2.45, 2.75) is 38.6 Å². The van der Waals surface area contributed by atoms with Gasteiger partial charge < -0.3 is 5.32 Å². The summed E-state index contributed by atoms with van der Waals surface area (Å²) in [6, 6.07) is 15.2. The van der Waals surface area contributed by atoms with E-state index in [0.717, 1.165) is 48.2 Å². The third-order valence-corrected chi connectivity index (χ3v) is 5.35. The minimum Gasteiger partial charge on any atom is -0.344 e. The zero-order chi connectivity index (χ0) is 20.4. The van der Waals surface area contributed by atoms with Gasteiger partial charge in [0.05, 0.1) is 23.4 Å². The van der Waals surface area contributed by atoms with E-state index < -0.39 is 0 Å². The molecule has 1 unspecified atom stereocenters. The van der Waals surface area contributed by atoms with Crippen molar-refractivity contribution in [3.05, 3.63) is 82.4 Å². The van der Waals surface area contributed by atoms with E-state index in [0.29, 0.717) is 11.3 Å². The summed E-state index contributed by atoms with van der Waals surface area (Å²) in [7, 11) is 0. The summed E-state index contributed by atoms with van der Waals surface area (Å²) >= 11 is 0. The second-order valence-corrected chi connectivity index (χ2v) is 7.30. The number of aromatic nitrogens is 2. The Morgan fingerprint density at radius 1 is 1.14 bits per heavy atom. The molecule has 4 rings (SSSR count). The van der Waals surface area contributed by atoms with Crippen molar-refractivity contribution >= 4 is 5.91 Å². The van der Waals surface area contributed by atoms with Crippen LogP contribution in [0.1, 0.15) is 58.7 Å². The fourth-order valence-corrected chi connectivity index (χ4v) is 3.77. The number of carbonyl (C=O) groups is 1. The number of carbonyl (C=O) groups excluding carboxylic acids is 1. The predicted octanol–water partition coefficient (Wildman–Crippen LogP) is 4.25. The van der Waals surface area contributed by atoms with Gasteiger partial charge in [-0.3, -0.25) is 4.79 Å². The molecule has 0 fully saturated rings. The second kappa shape index (κ2) is 7.88. The van der Waals surface area contributed by atoms with Crippen LogP contribution in [0.3, 0.4) is 0 Å². The molecule has 146 valence electrons. The zero-order valence-corrected chi connectivity index (χ0v) is 16.2. The summed E-state index contributed by atoms with van der Waals surface area (Å²) in [5.74, 6) is -0.523. The number of rotatable bonds is 4. The number of hydrogen-bond donors (Lipinski definition) is 1. The maximum Gasteiger partial charge on any atom is 0.272 e. The Bertz CT molecular complexity index is 1080. The van der Waals surface area contributed by atoms with E-state index in [1.807, 2.05) is 19.1 Å². The average Bonchev–Trinajstić information content (AvgIpc) is 3.14. The first-order valence-corrected chi connectivity index (χ1v) is 9.74. The van der Waals surface area contributed by atoms with Crippen LogP contribution in [0.4, 0.5) is 4.39 Å². The number of halogens is 1. The quantitative estimate of drug-likeness (QED) is 0.726. The average molecular weight is 388 g/mol. The lowest BCUT2D eigenvalue weighted by molar-refractivity contribution is 0.0933. The molecule has 0 saturated carbocycles. The van der Waals surface area contributed by atoms with Crippen LogP contribution in [0.15, 0.2) is 48.5 Å². The lowest BCUT2D eigenvalue weighted by atomic mass is 9.95. The Hall–Kier alpha value is -3.46. The monoisotopic (exact) mass is 388 g/mol. The first kappa shape index (κ1) is 18.9. The van der Waals surface area contributed by atoms with Gasteiger partial charge in [0.2, 0.25) is 0 Å². The SMILES string of the molecule is CC(NC(=O)c1nn(-c2ccc(F)cc2)c2c1CCCC2)c1ccc(C#N)cc1. The molecule has 5 nitrogen and oxygen atoms in total.